The van der Waals surface area contributed by atoms with Crippen LogP contribution >= 0.6 is 36.4 Å². The number of rotatable bonds is 0. The first-order chi connectivity index (χ1) is 19.6. The van der Waals surface area contributed by atoms with E-state index in [1.807, 2.05) is 60.7 Å². The third kappa shape index (κ3) is 14.5. The summed E-state index contributed by atoms with van der Waals surface area (Å²) in [5.74, 6) is 0. The normalized spacial score (nSPS) is 11.5. The van der Waals surface area contributed by atoms with Crippen LogP contribution in [0, 0.1) is 24.3 Å². The number of fused-ring (bicyclic) bond motifs is 3. The molecule has 0 spiro atoms. The van der Waals surface area contributed by atoms with Crippen LogP contribution in [0.4, 0.5) is 0 Å². The average Bonchev–Trinajstić information content (AvgIpc) is 3.67. The summed E-state index contributed by atoms with van der Waals surface area (Å²) in [6.45, 7) is 13.6. The molecule has 6 rings (SSSR count). The van der Waals surface area contributed by atoms with Gasteiger partial charge in [0.25, 0.3) is 0 Å². The van der Waals surface area contributed by atoms with E-state index < -0.39 is 0 Å². The molecule has 0 unspecified atom stereocenters. The first kappa shape index (κ1) is 41.0. The van der Waals surface area contributed by atoms with Crippen LogP contribution < -0.4 is 0 Å². The zero-order chi connectivity index (χ0) is 30.3. The van der Waals surface area contributed by atoms with E-state index in [4.69, 9.17) is 11.6 Å². The molecule has 2 aliphatic rings. The zero-order valence-electron chi connectivity index (χ0n) is 26.1. The molecule has 0 saturated carbocycles. The molecule has 4 aromatic rings. The molecular formula is C39H43Cl3Zr-4. The number of hydrogen-bond acceptors (Lipinski definition) is 0. The van der Waals surface area contributed by atoms with Crippen LogP contribution in [0.1, 0.15) is 70.2 Å². The van der Waals surface area contributed by atoms with Crippen molar-refractivity contribution >= 4 is 40.6 Å². The SMILES string of the molecule is CC(C)(C)c1[c-]c2c(cc1)-c1ccc(C(C)(C)C)cc1C2.Cl.Cl.Clc1c[c-]ccc1.[C-]1=CC=CC1.[CH2]=[Zr].[c-]1ccccc1. The molecule has 228 valence electrons. The van der Waals surface area contributed by atoms with Gasteiger partial charge in [-0.1, -0.05) is 70.3 Å². The van der Waals surface area contributed by atoms with Gasteiger partial charge in [0.2, 0.25) is 0 Å². The molecule has 0 aliphatic heterocycles. The Morgan fingerprint density at radius 2 is 1.42 bits per heavy atom. The summed E-state index contributed by atoms with van der Waals surface area (Å²) < 4.78 is 3.34. The number of halogens is 3. The van der Waals surface area contributed by atoms with Crippen LogP contribution in [-0.2, 0) is 41.5 Å². The number of benzene rings is 4. The summed E-state index contributed by atoms with van der Waals surface area (Å²) in [7, 11) is 0. The molecular weight excluding hydrogens is 666 g/mol. The summed E-state index contributed by atoms with van der Waals surface area (Å²) in [5.41, 5.74) is 8.70. The topological polar surface area (TPSA) is 0 Å². The van der Waals surface area contributed by atoms with Crippen molar-refractivity contribution in [2.75, 3.05) is 0 Å². The molecule has 0 heterocycles. The fraction of sp³-hybridized carbons (Fsp3) is 0.256. The van der Waals surface area contributed by atoms with Gasteiger partial charge in [-0.05, 0) is 28.4 Å². The summed E-state index contributed by atoms with van der Waals surface area (Å²) in [4.78, 5) is 0. The van der Waals surface area contributed by atoms with E-state index in [1.165, 1.54) is 57.6 Å². The summed E-state index contributed by atoms with van der Waals surface area (Å²) in [6, 6.07) is 37.7. The third-order valence-corrected chi connectivity index (χ3v) is 6.56. The third-order valence-electron chi connectivity index (χ3n) is 6.33. The van der Waals surface area contributed by atoms with E-state index in [-0.39, 0.29) is 35.6 Å². The monoisotopic (exact) mass is 706 g/mol. The molecule has 0 N–H and O–H groups in total. The average molecular weight is 709 g/mol. The van der Waals surface area contributed by atoms with Crippen molar-refractivity contribution in [3.05, 3.63) is 155 Å². The van der Waals surface area contributed by atoms with Gasteiger partial charge in [-0.3, -0.25) is 6.08 Å². The van der Waals surface area contributed by atoms with Crippen LogP contribution in [0.3, 0.4) is 0 Å². The number of hydrogen-bond donors (Lipinski definition) is 0. The molecule has 0 fully saturated rings. The Balaban J connectivity index is 0.000000654. The summed E-state index contributed by atoms with van der Waals surface area (Å²) in [5, 5.41) is 0.738. The maximum atomic E-state index is 5.51. The largest absolute Gasteiger partial charge is 0.184 e. The van der Waals surface area contributed by atoms with Gasteiger partial charge in [0, 0.05) is 0 Å². The van der Waals surface area contributed by atoms with Gasteiger partial charge in [0.15, 0.2) is 0 Å². The van der Waals surface area contributed by atoms with Crippen molar-refractivity contribution in [1.29, 1.82) is 0 Å². The summed E-state index contributed by atoms with van der Waals surface area (Å²) in [6.07, 6.45) is 11.0. The predicted molar refractivity (Wildman–Crippen MR) is 190 cm³/mol. The van der Waals surface area contributed by atoms with Gasteiger partial charge in [0.1, 0.15) is 0 Å². The van der Waals surface area contributed by atoms with Crippen LogP contribution in [0.5, 0.6) is 0 Å². The second-order valence-electron chi connectivity index (χ2n) is 11.6. The fourth-order valence-corrected chi connectivity index (χ4v) is 4.22. The predicted octanol–water partition coefficient (Wildman–Crippen LogP) is 11.4. The Morgan fingerprint density at radius 3 is 1.81 bits per heavy atom. The van der Waals surface area contributed by atoms with Crippen LogP contribution in [0.2, 0.25) is 5.02 Å². The molecule has 0 bridgehead atoms. The zero-order valence-corrected chi connectivity index (χ0v) is 31.0. The molecule has 0 radical (unpaired) electrons. The van der Waals surface area contributed by atoms with Gasteiger partial charge in [0.05, 0.1) is 0 Å². The molecule has 4 aromatic carbocycles. The maximum absolute atomic E-state index is 5.51. The Labute approximate surface area is 293 Å². The van der Waals surface area contributed by atoms with Crippen LogP contribution in [0.25, 0.3) is 11.1 Å². The quantitative estimate of drug-likeness (QED) is 0.141. The van der Waals surface area contributed by atoms with Gasteiger partial charge in [-0.25, -0.2) is 12.2 Å². The number of allylic oxidation sites excluding steroid dienone is 4. The second-order valence-corrected chi connectivity index (χ2v) is 12.1. The van der Waals surface area contributed by atoms with Crippen molar-refractivity contribution in [3.8, 4) is 11.1 Å². The van der Waals surface area contributed by atoms with E-state index in [0.29, 0.717) is 0 Å². The minimum absolute atomic E-state index is 0. The fourth-order valence-electron chi connectivity index (χ4n) is 4.08. The van der Waals surface area contributed by atoms with Gasteiger partial charge in [-0.15, -0.1) is 42.4 Å². The standard InChI is InChI=1S/C21H25.C6H4Cl.C6H5.C5H5.CH2.2ClH.Zr/c1-20(2,3)16-7-9-18-14(12-16)11-15-13-17(21(4,5)6)8-10-19(15)18;7-6-4-2-1-3-5-6;1-2-4-6-5-3-1;1-2-4-5-3-1;;;;/h7-10,12H,11H2,1-6H3;1-2,4-5H;1-5H;1-3H,4H2;1H2;2*1H;/q4*-1;;;;. The van der Waals surface area contributed by atoms with E-state index in [1.54, 1.807) is 6.07 Å². The molecule has 0 saturated heterocycles. The Hall–Kier alpha value is -2.02. The minimum Gasteiger partial charge on any atom is -0.184 e. The van der Waals surface area contributed by atoms with Gasteiger partial charge in [-0.2, -0.15) is 108 Å². The molecule has 2 aliphatic carbocycles. The summed E-state index contributed by atoms with van der Waals surface area (Å²) >= 11 is 6.81. The van der Waals surface area contributed by atoms with E-state index >= 15 is 0 Å². The van der Waals surface area contributed by atoms with Crippen molar-refractivity contribution in [2.24, 2.45) is 0 Å². The minimum atomic E-state index is 0. The molecule has 0 nitrogen and oxygen atoms in total. The van der Waals surface area contributed by atoms with E-state index in [0.717, 1.165) is 17.9 Å². The smallest absolute Gasteiger partial charge is 0.171 e. The van der Waals surface area contributed by atoms with E-state index in [2.05, 4.69) is 106 Å². The Kier molecular flexibility index (Phi) is 19.9. The van der Waals surface area contributed by atoms with Crippen molar-refractivity contribution in [2.45, 2.75) is 65.2 Å². The van der Waals surface area contributed by atoms with Crippen molar-refractivity contribution in [1.82, 2.24) is 0 Å². The maximum Gasteiger partial charge on any atom is -0.171 e. The first-order valence-corrected chi connectivity index (χ1v) is 16.0. The molecule has 43 heavy (non-hydrogen) atoms. The first-order valence-electron chi connectivity index (χ1n) is 13.8. The molecule has 4 heteroatoms. The van der Waals surface area contributed by atoms with Crippen LogP contribution in [-0.4, -0.2) is 4.21 Å². The van der Waals surface area contributed by atoms with Crippen molar-refractivity contribution < 1.29 is 24.2 Å². The molecule has 0 atom stereocenters. The van der Waals surface area contributed by atoms with Gasteiger partial charge >= 0.3 is 28.4 Å². The Bertz CT molecular complexity index is 1280. The molecule has 0 aromatic heterocycles. The van der Waals surface area contributed by atoms with Gasteiger partial charge < -0.3 is 0 Å². The Morgan fingerprint density at radius 1 is 0.767 bits per heavy atom. The van der Waals surface area contributed by atoms with Crippen LogP contribution in [0.15, 0.2) is 103 Å². The second kappa shape index (κ2) is 20.9. The van der Waals surface area contributed by atoms with Crippen molar-refractivity contribution in [3.63, 3.8) is 0 Å². The van der Waals surface area contributed by atoms with E-state index in [9.17, 15) is 0 Å². The molecule has 0 amide bonds.